The predicted molar refractivity (Wildman–Crippen MR) is 85.5 cm³/mol. The molecule has 6 heteroatoms. The number of hydrogen-bond acceptors (Lipinski definition) is 4. The maximum Gasteiger partial charge on any atom is 0.218 e. The van der Waals surface area contributed by atoms with Crippen LogP contribution < -0.4 is 5.32 Å². The lowest BCUT2D eigenvalue weighted by Crippen LogP contribution is -2.35. The zero-order valence-corrected chi connectivity index (χ0v) is 13.7. The van der Waals surface area contributed by atoms with E-state index >= 15 is 0 Å². The molecule has 1 saturated heterocycles. The van der Waals surface area contributed by atoms with Crippen molar-refractivity contribution in [1.29, 1.82) is 0 Å². The lowest BCUT2D eigenvalue weighted by atomic mass is 10.1. The molecule has 1 N–H and O–H groups in total. The molecule has 1 fully saturated rings. The molecule has 1 aromatic rings. The highest BCUT2D eigenvalue weighted by molar-refractivity contribution is 7.88. The van der Waals surface area contributed by atoms with Crippen LogP contribution in [-0.2, 0) is 22.3 Å². The Kier molecular flexibility index (Phi) is 5.75. The quantitative estimate of drug-likeness (QED) is 0.877. The van der Waals surface area contributed by atoms with Crippen LogP contribution >= 0.6 is 0 Å². The van der Waals surface area contributed by atoms with Gasteiger partial charge < -0.3 is 10.2 Å². The van der Waals surface area contributed by atoms with Gasteiger partial charge in [-0.3, -0.25) is 0 Å². The van der Waals surface area contributed by atoms with Gasteiger partial charge in [-0.05, 0) is 38.2 Å². The Hall–Kier alpha value is -0.950. The molecule has 118 valence electrons. The van der Waals surface area contributed by atoms with Crippen molar-refractivity contribution >= 4 is 10.0 Å². The summed E-state index contributed by atoms with van der Waals surface area (Å²) in [6, 6.07) is 7.79. The van der Waals surface area contributed by atoms with Crippen LogP contribution in [0.4, 0.5) is 0 Å². The third-order valence-electron chi connectivity index (χ3n) is 3.82. The molecule has 0 atom stereocenters. The molecule has 2 rings (SSSR count). The Morgan fingerprint density at radius 2 is 1.71 bits per heavy atom. The highest BCUT2D eigenvalue weighted by Crippen LogP contribution is 2.14. The Morgan fingerprint density at radius 1 is 1.05 bits per heavy atom. The number of hydrogen-bond donors (Lipinski definition) is 1. The number of rotatable bonds is 5. The fraction of sp³-hybridized carbons (Fsp3) is 0.600. The van der Waals surface area contributed by atoms with Crippen molar-refractivity contribution in [3.05, 3.63) is 35.4 Å². The molecule has 0 radical (unpaired) electrons. The summed E-state index contributed by atoms with van der Waals surface area (Å²) in [6.07, 6.45) is 0.900. The van der Waals surface area contributed by atoms with E-state index in [0.29, 0.717) is 13.1 Å². The normalized spacial score (nSPS) is 18.6. The first-order chi connectivity index (χ1) is 10.0. The zero-order chi connectivity index (χ0) is 15.3. The van der Waals surface area contributed by atoms with Crippen molar-refractivity contribution < 1.29 is 8.42 Å². The summed E-state index contributed by atoms with van der Waals surface area (Å²) >= 11 is 0. The second-order valence-corrected chi connectivity index (χ2v) is 7.63. The lowest BCUT2D eigenvalue weighted by Gasteiger charge is -2.20. The molecule has 1 heterocycles. The first-order valence-electron chi connectivity index (χ1n) is 7.40. The molecule has 5 nitrogen and oxygen atoms in total. The first-order valence-corrected chi connectivity index (χ1v) is 9.01. The zero-order valence-electron chi connectivity index (χ0n) is 12.9. The Morgan fingerprint density at radius 3 is 2.38 bits per heavy atom. The van der Waals surface area contributed by atoms with Gasteiger partial charge in [-0.2, -0.15) is 0 Å². The molecule has 0 saturated carbocycles. The molecule has 0 aromatic heterocycles. The van der Waals surface area contributed by atoms with Crippen LogP contribution in [0.3, 0.4) is 0 Å². The molecular formula is C15H25N3O2S. The van der Waals surface area contributed by atoms with Crippen molar-refractivity contribution in [1.82, 2.24) is 14.5 Å². The summed E-state index contributed by atoms with van der Waals surface area (Å²) in [6.45, 7) is 3.79. The number of benzene rings is 1. The van der Waals surface area contributed by atoms with Gasteiger partial charge in [-0.15, -0.1) is 0 Å². The lowest BCUT2D eigenvalue weighted by molar-refractivity contribution is 0.347. The van der Waals surface area contributed by atoms with E-state index in [1.165, 1.54) is 0 Å². The molecule has 1 aromatic carbocycles. The van der Waals surface area contributed by atoms with Gasteiger partial charge in [0.15, 0.2) is 0 Å². The van der Waals surface area contributed by atoms with Crippen molar-refractivity contribution in [2.45, 2.75) is 18.7 Å². The van der Waals surface area contributed by atoms with Gasteiger partial charge in [-0.1, -0.05) is 24.3 Å². The largest absolute Gasteiger partial charge is 0.316 e. The van der Waals surface area contributed by atoms with Gasteiger partial charge in [-0.25, -0.2) is 12.7 Å². The van der Waals surface area contributed by atoms with Crippen LogP contribution in [0.15, 0.2) is 24.3 Å². The number of nitrogens with one attached hydrogen (secondary N) is 1. The van der Waals surface area contributed by atoms with Crippen molar-refractivity contribution in [2.75, 3.05) is 40.3 Å². The van der Waals surface area contributed by atoms with E-state index in [1.807, 2.05) is 38.4 Å². The highest BCUT2D eigenvalue weighted by Gasteiger charge is 2.24. The Bertz CT molecular complexity index is 543. The standard InChI is InChI=1S/C15H25N3O2S/c1-16-12-14-4-6-15(7-5-14)13-21(19,20)18-9-3-8-17(2)10-11-18/h4-7,16H,3,8-13H2,1-2H3. The molecule has 0 unspecified atom stereocenters. The molecule has 0 amide bonds. The molecule has 0 aliphatic carbocycles. The SMILES string of the molecule is CNCc1ccc(CS(=O)(=O)N2CCCN(C)CC2)cc1. The summed E-state index contributed by atoms with van der Waals surface area (Å²) in [7, 11) is 0.719. The van der Waals surface area contributed by atoms with Crippen LogP contribution in [0.5, 0.6) is 0 Å². The minimum Gasteiger partial charge on any atom is -0.316 e. The van der Waals surface area contributed by atoms with Crippen LogP contribution in [0.1, 0.15) is 17.5 Å². The van der Waals surface area contributed by atoms with Crippen molar-refractivity contribution in [3.63, 3.8) is 0 Å². The van der Waals surface area contributed by atoms with E-state index in [-0.39, 0.29) is 5.75 Å². The Labute approximate surface area is 128 Å². The van der Waals surface area contributed by atoms with E-state index < -0.39 is 10.0 Å². The van der Waals surface area contributed by atoms with E-state index in [9.17, 15) is 8.42 Å². The van der Waals surface area contributed by atoms with E-state index in [0.717, 1.165) is 37.2 Å². The van der Waals surface area contributed by atoms with Crippen molar-refractivity contribution in [3.8, 4) is 0 Å². The van der Waals surface area contributed by atoms with Gasteiger partial charge in [0.05, 0.1) is 5.75 Å². The maximum atomic E-state index is 12.5. The molecule has 0 spiro atoms. The summed E-state index contributed by atoms with van der Waals surface area (Å²) in [5.41, 5.74) is 2.02. The number of nitrogens with zero attached hydrogens (tertiary/aromatic N) is 2. The van der Waals surface area contributed by atoms with E-state index in [2.05, 4.69) is 10.2 Å². The summed E-state index contributed by atoms with van der Waals surface area (Å²) < 4.78 is 26.7. The maximum absolute atomic E-state index is 12.5. The molecular weight excluding hydrogens is 286 g/mol. The fourth-order valence-corrected chi connectivity index (χ4v) is 4.12. The number of sulfonamides is 1. The average molecular weight is 311 g/mol. The molecule has 0 bridgehead atoms. The number of likely N-dealkylation sites (N-methyl/N-ethyl adjacent to an activating group) is 1. The molecule has 1 aliphatic rings. The van der Waals surface area contributed by atoms with Gasteiger partial charge in [0.1, 0.15) is 0 Å². The van der Waals surface area contributed by atoms with E-state index in [4.69, 9.17) is 0 Å². The molecule has 21 heavy (non-hydrogen) atoms. The van der Waals surface area contributed by atoms with E-state index in [1.54, 1.807) is 4.31 Å². The topological polar surface area (TPSA) is 52.7 Å². The van der Waals surface area contributed by atoms with Gasteiger partial charge in [0.25, 0.3) is 0 Å². The van der Waals surface area contributed by atoms with Crippen LogP contribution in [0.25, 0.3) is 0 Å². The fourth-order valence-electron chi connectivity index (χ4n) is 2.56. The monoisotopic (exact) mass is 311 g/mol. The highest BCUT2D eigenvalue weighted by atomic mass is 32.2. The van der Waals surface area contributed by atoms with Crippen LogP contribution in [0, 0.1) is 0 Å². The summed E-state index contributed by atoms with van der Waals surface area (Å²) in [5, 5.41) is 3.08. The first kappa shape index (κ1) is 16.4. The average Bonchev–Trinajstić information content (AvgIpc) is 2.66. The minimum absolute atomic E-state index is 0.0938. The second-order valence-electron chi connectivity index (χ2n) is 5.66. The van der Waals surface area contributed by atoms with Crippen LogP contribution in [0.2, 0.25) is 0 Å². The van der Waals surface area contributed by atoms with Gasteiger partial charge in [0, 0.05) is 26.2 Å². The molecule has 1 aliphatic heterocycles. The van der Waals surface area contributed by atoms with Crippen LogP contribution in [-0.4, -0.2) is 57.9 Å². The third kappa shape index (κ3) is 4.78. The minimum atomic E-state index is -3.22. The third-order valence-corrected chi connectivity index (χ3v) is 5.67. The predicted octanol–water partition coefficient (Wildman–Crippen LogP) is 0.873. The smallest absolute Gasteiger partial charge is 0.218 e. The van der Waals surface area contributed by atoms with Gasteiger partial charge in [0.2, 0.25) is 10.0 Å². The summed E-state index contributed by atoms with van der Waals surface area (Å²) in [4.78, 5) is 2.18. The van der Waals surface area contributed by atoms with Crippen molar-refractivity contribution in [2.24, 2.45) is 0 Å². The second kappa shape index (κ2) is 7.35. The Balaban J connectivity index is 2.02. The van der Waals surface area contributed by atoms with Gasteiger partial charge >= 0.3 is 0 Å². The summed E-state index contributed by atoms with van der Waals surface area (Å²) in [5.74, 6) is 0.0938.